The lowest BCUT2D eigenvalue weighted by Crippen LogP contribution is -2.50. The van der Waals surface area contributed by atoms with Crippen LogP contribution in [-0.2, 0) is 28.0 Å². The van der Waals surface area contributed by atoms with Gasteiger partial charge in [-0.2, -0.15) is 5.26 Å². The maximum absolute atomic E-state index is 14.5. The van der Waals surface area contributed by atoms with E-state index in [1.807, 2.05) is 43.3 Å². The number of nitrogens with two attached hydrogens (primary N) is 1. The van der Waals surface area contributed by atoms with E-state index in [-0.39, 0.29) is 35.9 Å². The van der Waals surface area contributed by atoms with Crippen LogP contribution in [0.2, 0.25) is 0 Å². The van der Waals surface area contributed by atoms with Crippen molar-refractivity contribution in [2.45, 2.75) is 32.4 Å². The fraction of sp³-hybridized carbons (Fsp3) is 0.250. The van der Waals surface area contributed by atoms with Gasteiger partial charge in [0.1, 0.15) is 17.4 Å². The average molecular weight is 483 g/mol. The van der Waals surface area contributed by atoms with Crippen LogP contribution in [0.25, 0.3) is 0 Å². The van der Waals surface area contributed by atoms with Gasteiger partial charge < -0.3 is 24.7 Å². The highest BCUT2D eigenvalue weighted by atomic mass is 16.5. The van der Waals surface area contributed by atoms with Crippen molar-refractivity contribution in [3.8, 4) is 11.8 Å². The minimum Gasteiger partial charge on any atom is -0.440 e. The Morgan fingerprint density at radius 3 is 2.61 bits per heavy atom. The van der Waals surface area contributed by atoms with Gasteiger partial charge in [0.2, 0.25) is 11.8 Å². The lowest BCUT2D eigenvalue weighted by Gasteiger charge is -2.34. The van der Waals surface area contributed by atoms with Crippen LogP contribution in [0.15, 0.2) is 70.8 Å². The Morgan fingerprint density at radius 1 is 1.11 bits per heavy atom. The van der Waals surface area contributed by atoms with Crippen molar-refractivity contribution in [2.24, 2.45) is 5.73 Å². The van der Waals surface area contributed by atoms with Gasteiger partial charge in [-0.15, -0.1) is 0 Å². The fourth-order valence-corrected chi connectivity index (χ4v) is 5.33. The number of carbonyl (C=O) groups excluding carboxylic acids is 1. The summed E-state index contributed by atoms with van der Waals surface area (Å²) in [5.41, 5.74) is 7.92. The molecule has 0 saturated heterocycles. The zero-order valence-electron chi connectivity index (χ0n) is 20.4. The summed E-state index contributed by atoms with van der Waals surface area (Å²) in [4.78, 5) is 30.2. The Morgan fingerprint density at radius 2 is 1.89 bits per heavy atom. The molecule has 2 aromatic carbocycles. The van der Waals surface area contributed by atoms with Gasteiger partial charge in [0.15, 0.2) is 5.41 Å². The molecule has 0 bridgehead atoms. The van der Waals surface area contributed by atoms with Crippen LogP contribution in [0.3, 0.4) is 0 Å². The molecule has 36 heavy (non-hydrogen) atoms. The van der Waals surface area contributed by atoms with E-state index in [2.05, 4.69) is 6.07 Å². The molecule has 1 spiro atoms. The summed E-state index contributed by atoms with van der Waals surface area (Å²) in [6.45, 7) is 4.63. The molecule has 3 heterocycles. The highest BCUT2D eigenvalue weighted by Crippen LogP contribution is 2.54. The molecule has 1 unspecified atom stereocenters. The summed E-state index contributed by atoms with van der Waals surface area (Å²) in [5, 5.41) is 10.3. The van der Waals surface area contributed by atoms with Crippen molar-refractivity contribution >= 4 is 11.6 Å². The van der Waals surface area contributed by atoms with Crippen molar-refractivity contribution in [3.05, 3.63) is 104 Å². The number of amides is 1. The van der Waals surface area contributed by atoms with E-state index in [4.69, 9.17) is 15.2 Å². The number of aromatic nitrogens is 1. The fourth-order valence-electron chi connectivity index (χ4n) is 5.33. The van der Waals surface area contributed by atoms with Crippen LogP contribution in [0.4, 0.5) is 5.69 Å². The van der Waals surface area contributed by atoms with Crippen LogP contribution >= 0.6 is 0 Å². The van der Waals surface area contributed by atoms with Gasteiger partial charge in [-0.05, 0) is 25.5 Å². The molecule has 1 aromatic heterocycles. The predicted molar refractivity (Wildman–Crippen MR) is 134 cm³/mol. The largest absolute Gasteiger partial charge is 0.440 e. The number of rotatable bonds is 5. The number of benzene rings is 2. The van der Waals surface area contributed by atoms with Crippen molar-refractivity contribution in [1.29, 1.82) is 5.26 Å². The molecule has 8 nitrogen and oxygen atoms in total. The number of ether oxygens (including phenoxy) is 2. The van der Waals surface area contributed by atoms with Gasteiger partial charge in [-0.3, -0.25) is 9.59 Å². The zero-order valence-corrected chi connectivity index (χ0v) is 20.4. The molecule has 0 aliphatic carbocycles. The lowest BCUT2D eigenvalue weighted by atomic mass is 9.69. The van der Waals surface area contributed by atoms with E-state index >= 15 is 0 Å². The minimum atomic E-state index is -1.72. The maximum Gasteiger partial charge on any atom is 0.259 e. The number of pyridine rings is 1. The topological polar surface area (TPSA) is 111 Å². The number of para-hydroxylation sites is 1. The van der Waals surface area contributed by atoms with E-state index in [1.165, 1.54) is 0 Å². The van der Waals surface area contributed by atoms with E-state index in [0.717, 1.165) is 11.1 Å². The van der Waals surface area contributed by atoms with E-state index < -0.39 is 16.9 Å². The number of carbonyl (C=O) groups is 1. The number of fused-ring (bicyclic) bond motifs is 4. The van der Waals surface area contributed by atoms with Gasteiger partial charge in [0.05, 0.1) is 18.7 Å². The van der Waals surface area contributed by atoms with Crippen LogP contribution in [0.5, 0.6) is 5.75 Å². The average Bonchev–Trinajstić information content (AvgIpc) is 3.07. The Balaban J connectivity index is 1.81. The molecule has 3 aromatic rings. The Hall–Kier alpha value is -4.35. The molecule has 2 aliphatic rings. The number of methoxy groups -OCH3 is 1. The maximum atomic E-state index is 14.5. The second-order valence-electron chi connectivity index (χ2n) is 9.08. The van der Waals surface area contributed by atoms with Gasteiger partial charge in [-0.25, -0.2) is 0 Å². The van der Waals surface area contributed by atoms with Crippen molar-refractivity contribution in [2.75, 3.05) is 18.6 Å². The van der Waals surface area contributed by atoms with Crippen LogP contribution in [0.1, 0.15) is 27.9 Å². The Labute approximate surface area is 208 Å². The number of nitrogens with zero attached hydrogens (tertiary/aromatic N) is 3. The first-order valence-electron chi connectivity index (χ1n) is 11.6. The molecule has 2 aliphatic heterocycles. The SMILES string of the molecule is COCCn1c(C)cc2c(c1=O)C1(C(=O)N(Cc3cccc(C)c3)c3ccccc31)C(C#N)=C(N)O2. The molecule has 0 fully saturated rings. The number of nitriles is 1. The molecule has 0 saturated carbocycles. The smallest absolute Gasteiger partial charge is 0.259 e. The number of anilines is 1. The predicted octanol–water partition coefficient (Wildman–Crippen LogP) is 3.03. The first kappa shape index (κ1) is 23.4. The van der Waals surface area contributed by atoms with Crippen LogP contribution in [0, 0.1) is 25.2 Å². The van der Waals surface area contributed by atoms with Crippen molar-refractivity contribution in [1.82, 2.24) is 4.57 Å². The lowest BCUT2D eigenvalue weighted by molar-refractivity contribution is -0.121. The first-order valence-corrected chi connectivity index (χ1v) is 11.6. The highest BCUT2D eigenvalue weighted by molar-refractivity contribution is 6.14. The Kier molecular flexibility index (Phi) is 5.65. The molecule has 5 rings (SSSR count). The summed E-state index contributed by atoms with van der Waals surface area (Å²) >= 11 is 0. The molecule has 182 valence electrons. The second-order valence-corrected chi connectivity index (χ2v) is 9.08. The summed E-state index contributed by atoms with van der Waals surface area (Å²) in [5.74, 6) is -0.407. The molecular weight excluding hydrogens is 456 g/mol. The summed E-state index contributed by atoms with van der Waals surface area (Å²) < 4.78 is 12.5. The number of hydrogen-bond acceptors (Lipinski definition) is 6. The third-order valence-electron chi connectivity index (χ3n) is 6.91. The van der Waals surface area contributed by atoms with E-state index in [0.29, 0.717) is 23.6 Å². The molecule has 8 heteroatoms. The summed E-state index contributed by atoms with van der Waals surface area (Å²) in [6, 6.07) is 18.9. The van der Waals surface area contributed by atoms with Gasteiger partial charge in [-0.1, -0.05) is 48.0 Å². The van der Waals surface area contributed by atoms with Gasteiger partial charge in [0.25, 0.3) is 5.56 Å². The van der Waals surface area contributed by atoms with E-state index in [9.17, 15) is 14.9 Å². The molecular formula is C28H26N4O4. The molecule has 1 amide bonds. The number of hydrogen-bond donors (Lipinski definition) is 1. The number of aryl methyl sites for hydroxylation is 2. The molecule has 1 atom stereocenters. The molecule has 0 radical (unpaired) electrons. The van der Waals surface area contributed by atoms with Crippen LogP contribution in [-0.4, -0.2) is 24.2 Å². The summed E-state index contributed by atoms with van der Waals surface area (Å²) in [7, 11) is 1.56. The third kappa shape index (κ3) is 3.24. The van der Waals surface area contributed by atoms with Crippen molar-refractivity contribution in [3.63, 3.8) is 0 Å². The minimum absolute atomic E-state index is 0.0848. The van der Waals surface area contributed by atoms with Gasteiger partial charge in [0, 0.05) is 36.7 Å². The van der Waals surface area contributed by atoms with Crippen molar-refractivity contribution < 1.29 is 14.3 Å². The van der Waals surface area contributed by atoms with Gasteiger partial charge >= 0.3 is 0 Å². The first-order chi connectivity index (χ1) is 17.3. The normalized spacial score (nSPS) is 18.2. The standard InChI is InChI=1S/C28H26N4O4/c1-17-7-6-8-19(13-17)16-32-22-10-5-4-9-20(22)28(27(32)34)21(15-29)25(30)36-23-14-18(2)31(11-12-35-3)26(33)24(23)28/h4-10,13-14H,11-12,16,30H2,1-3H3. The van der Waals surface area contributed by atoms with Crippen LogP contribution < -0.4 is 20.9 Å². The second kappa shape index (κ2) is 8.70. The monoisotopic (exact) mass is 482 g/mol. The van der Waals surface area contributed by atoms with E-state index in [1.54, 1.807) is 41.7 Å². The Bertz CT molecular complexity index is 1530. The summed E-state index contributed by atoms with van der Waals surface area (Å²) in [6.07, 6.45) is 0. The quantitative estimate of drug-likeness (QED) is 0.599. The molecule has 2 N–H and O–H groups in total. The third-order valence-corrected chi connectivity index (χ3v) is 6.91. The zero-order chi connectivity index (χ0) is 25.6. The highest BCUT2D eigenvalue weighted by Gasteiger charge is 2.60.